The molecular weight excluding hydrogens is 144 g/mol. The van der Waals surface area contributed by atoms with Crippen molar-refractivity contribution in [3.05, 3.63) is 48.6 Å². The summed E-state index contributed by atoms with van der Waals surface area (Å²) in [6.45, 7) is 8.23. The fourth-order valence-electron chi connectivity index (χ4n) is 1.19. The van der Waals surface area contributed by atoms with Crippen LogP contribution >= 0.6 is 0 Å². The zero-order valence-electron chi connectivity index (χ0n) is 7.88. The summed E-state index contributed by atoms with van der Waals surface area (Å²) in [5, 5.41) is 0. The summed E-state index contributed by atoms with van der Waals surface area (Å²) < 4.78 is 0. The van der Waals surface area contributed by atoms with Gasteiger partial charge in [0.15, 0.2) is 0 Å². The van der Waals surface area contributed by atoms with Crippen molar-refractivity contribution in [3.8, 4) is 0 Å². The van der Waals surface area contributed by atoms with Crippen LogP contribution in [-0.4, -0.2) is 0 Å². The van der Waals surface area contributed by atoms with Crippen LogP contribution in [0.15, 0.2) is 43.0 Å². The van der Waals surface area contributed by atoms with Gasteiger partial charge in [-0.3, -0.25) is 0 Å². The summed E-state index contributed by atoms with van der Waals surface area (Å²) in [5.74, 6) is 0. The average molecular weight is 160 g/mol. The Morgan fingerprint density at radius 3 is 2.33 bits per heavy atom. The van der Waals surface area contributed by atoms with Gasteiger partial charge in [0.25, 0.3) is 0 Å². The summed E-state index contributed by atoms with van der Waals surface area (Å²) >= 11 is 0. The van der Waals surface area contributed by atoms with Gasteiger partial charge in [0, 0.05) is 0 Å². The SMILES string of the molecule is C=CC(C)(C)Cc1ccccc1. The molecule has 0 saturated carbocycles. The molecule has 0 amide bonds. The Morgan fingerprint density at radius 1 is 1.25 bits per heavy atom. The fraction of sp³-hybridized carbons (Fsp3) is 0.333. The van der Waals surface area contributed by atoms with Gasteiger partial charge in [-0.2, -0.15) is 0 Å². The molecule has 0 radical (unpaired) electrons. The summed E-state index contributed by atoms with van der Waals surface area (Å²) in [6, 6.07) is 10.5. The Hall–Kier alpha value is -1.04. The van der Waals surface area contributed by atoms with E-state index in [-0.39, 0.29) is 5.41 Å². The van der Waals surface area contributed by atoms with Gasteiger partial charge in [-0.1, -0.05) is 50.3 Å². The molecule has 12 heavy (non-hydrogen) atoms. The van der Waals surface area contributed by atoms with Crippen molar-refractivity contribution in [1.82, 2.24) is 0 Å². The van der Waals surface area contributed by atoms with Gasteiger partial charge < -0.3 is 0 Å². The minimum absolute atomic E-state index is 0.210. The normalized spacial score (nSPS) is 11.2. The van der Waals surface area contributed by atoms with Gasteiger partial charge in [-0.25, -0.2) is 0 Å². The molecule has 0 spiro atoms. The molecule has 64 valence electrons. The predicted octanol–water partition coefficient (Wildman–Crippen LogP) is 3.44. The first-order valence-electron chi connectivity index (χ1n) is 4.31. The van der Waals surface area contributed by atoms with Crippen molar-refractivity contribution in [2.75, 3.05) is 0 Å². The summed E-state index contributed by atoms with van der Waals surface area (Å²) in [5.41, 5.74) is 1.59. The zero-order valence-corrected chi connectivity index (χ0v) is 7.88. The van der Waals surface area contributed by atoms with Crippen LogP contribution in [0.3, 0.4) is 0 Å². The molecule has 0 fully saturated rings. The topological polar surface area (TPSA) is 0 Å². The minimum Gasteiger partial charge on any atom is -0.103 e. The van der Waals surface area contributed by atoms with Crippen LogP contribution in [0.1, 0.15) is 19.4 Å². The molecule has 0 unspecified atom stereocenters. The molecular formula is C12H16. The molecule has 0 aliphatic rings. The van der Waals surface area contributed by atoms with Gasteiger partial charge in [0.1, 0.15) is 0 Å². The molecule has 0 saturated heterocycles. The first kappa shape index (κ1) is 9.05. The monoisotopic (exact) mass is 160 g/mol. The van der Waals surface area contributed by atoms with Crippen molar-refractivity contribution in [1.29, 1.82) is 0 Å². The molecule has 0 bridgehead atoms. The van der Waals surface area contributed by atoms with E-state index in [0.29, 0.717) is 0 Å². The molecule has 0 heterocycles. The molecule has 0 aliphatic carbocycles. The Bertz CT molecular complexity index is 244. The second-order valence-corrected chi connectivity index (χ2v) is 3.86. The third kappa shape index (κ3) is 2.54. The smallest absolute Gasteiger partial charge is 0.0137 e. The molecule has 1 aromatic carbocycles. The number of rotatable bonds is 3. The Labute approximate surface area is 74.9 Å². The number of benzene rings is 1. The molecule has 0 N–H and O–H groups in total. The minimum atomic E-state index is 0.210. The maximum absolute atomic E-state index is 3.83. The Kier molecular flexibility index (Phi) is 2.69. The molecule has 0 aromatic heterocycles. The lowest BCUT2D eigenvalue weighted by atomic mass is 9.86. The highest BCUT2D eigenvalue weighted by Crippen LogP contribution is 2.22. The summed E-state index contributed by atoms with van der Waals surface area (Å²) in [6.07, 6.45) is 3.08. The van der Waals surface area contributed by atoms with E-state index in [9.17, 15) is 0 Å². The third-order valence-electron chi connectivity index (χ3n) is 2.06. The van der Waals surface area contributed by atoms with Gasteiger partial charge in [-0.05, 0) is 17.4 Å². The number of hydrogen-bond donors (Lipinski definition) is 0. The molecule has 0 atom stereocenters. The van der Waals surface area contributed by atoms with E-state index >= 15 is 0 Å². The quantitative estimate of drug-likeness (QED) is 0.594. The Balaban J connectivity index is 2.70. The van der Waals surface area contributed by atoms with Crippen LogP contribution < -0.4 is 0 Å². The molecule has 0 heteroatoms. The highest BCUT2D eigenvalue weighted by Gasteiger charge is 2.12. The van der Waals surface area contributed by atoms with Gasteiger partial charge >= 0.3 is 0 Å². The third-order valence-corrected chi connectivity index (χ3v) is 2.06. The van der Waals surface area contributed by atoms with Crippen LogP contribution in [0.25, 0.3) is 0 Å². The van der Waals surface area contributed by atoms with E-state index in [4.69, 9.17) is 0 Å². The average Bonchev–Trinajstić information content (AvgIpc) is 2.06. The highest BCUT2D eigenvalue weighted by molar-refractivity contribution is 5.17. The van der Waals surface area contributed by atoms with Crippen LogP contribution in [0.2, 0.25) is 0 Å². The predicted molar refractivity (Wildman–Crippen MR) is 54.1 cm³/mol. The van der Waals surface area contributed by atoms with E-state index < -0.39 is 0 Å². The lowest BCUT2D eigenvalue weighted by Crippen LogP contribution is -2.10. The Morgan fingerprint density at radius 2 is 1.83 bits per heavy atom. The zero-order chi connectivity index (χ0) is 9.03. The van der Waals surface area contributed by atoms with Gasteiger partial charge in [-0.15, -0.1) is 6.58 Å². The maximum Gasteiger partial charge on any atom is -0.0137 e. The molecule has 1 rings (SSSR count). The van der Waals surface area contributed by atoms with Crippen LogP contribution in [0, 0.1) is 5.41 Å². The summed E-state index contributed by atoms with van der Waals surface area (Å²) in [7, 11) is 0. The van der Waals surface area contributed by atoms with Crippen LogP contribution in [0.4, 0.5) is 0 Å². The largest absolute Gasteiger partial charge is 0.103 e. The lowest BCUT2D eigenvalue weighted by Gasteiger charge is -2.19. The van der Waals surface area contributed by atoms with Crippen molar-refractivity contribution < 1.29 is 0 Å². The second-order valence-electron chi connectivity index (χ2n) is 3.86. The van der Waals surface area contributed by atoms with Gasteiger partial charge in [0.05, 0.1) is 0 Å². The van der Waals surface area contributed by atoms with E-state index in [1.165, 1.54) is 5.56 Å². The molecule has 1 aromatic rings. The van der Waals surface area contributed by atoms with Crippen LogP contribution in [0.5, 0.6) is 0 Å². The van der Waals surface area contributed by atoms with E-state index in [1.807, 2.05) is 12.1 Å². The van der Waals surface area contributed by atoms with Crippen molar-refractivity contribution in [2.24, 2.45) is 5.41 Å². The highest BCUT2D eigenvalue weighted by atomic mass is 14.2. The van der Waals surface area contributed by atoms with Crippen LogP contribution in [-0.2, 0) is 6.42 Å². The summed E-state index contributed by atoms with van der Waals surface area (Å²) in [4.78, 5) is 0. The molecule has 0 nitrogen and oxygen atoms in total. The van der Waals surface area contributed by atoms with E-state index in [1.54, 1.807) is 0 Å². The lowest BCUT2D eigenvalue weighted by molar-refractivity contribution is 0.479. The number of hydrogen-bond acceptors (Lipinski definition) is 0. The second kappa shape index (κ2) is 3.57. The molecule has 0 aliphatic heterocycles. The van der Waals surface area contributed by atoms with Crippen molar-refractivity contribution in [3.63, 3.8) is 0 Å². The first-order chi connectivity index (χ1) is 5.64. The fourth-order valence-corrected chi connectivity index (χ4v) is 1.19. The standard InChI is InChI=1S/C12H16/c1-4-12(2,3)10-11-8-6-5-7-9-11/h4-9H,1,10H2,2-3H3. The van der Waals surface area contributed by atoms with Gasteiger partial charge in [0.2, 0.25) is 0 Å². The number of allylic oxidation sites excluding steroid dienone is 1. The first-order valence-corrected chi connectivity index (χ1v) is 4.31. The van der Waals surface area contributed by atoms with Crippen molar-refractivity contribution >= 4 is 0 Å². The maximum atomic E-state index is 3.83. The van der Waals surface area contributed by atoms with Crippen molar-refractivity contribution in [2.45, 2.75) is 20.3 Å². The van der Waals surface area contributed by atoms with E-state index in [2.05, 4.69) is 44.7 Å². The van der Waals surface area contributed by atoms with E-state index in [0.717, 1.165) is 6.42 Å².